The Balaban J connectivity index is 0.000000115. The summed E-state index contributed by atoms with van der Waals surface area (Å²) in [6, 6.07) is 32.0. The molecule has 162 valence electrons. The molecule has 8 rings (SSSR count). The van der Waals surface area contributed by atoms with Crippen LogP contribution in [-0.4, -0.2) is 6.04 Å². The van der Waals surface area contributed by atoms with Gasteiger partial charge in [-0.15, -0.1) is 0 Å². The number of hydrogen-bond acceptors (Lipinski definition) is 2. The van der Waals surface area contributed by atoms with Crippen molar-refractivity contribution < 1.29 is 4.39 Å². The van der Waals surface area contributed by atoms with Gasteiger partial charge in [0.15, 0.2) is 0 Å². The maximum atomic E-state index is 13.3. The average molecular weight is 433 g/mol. The molecule has 0 amide bonds. The van der Waals surface area contributed by atoms with Crippen molar-refractivity contribution in [3.8, 4) is 0 Å². The molecular weight excluding hydrogens is 407 g/mol. The van der Waals surface area contributed by atoms with Crippen LogP contribution in [0.5, 0.6) is 0 Å². The first-order valence-electron chi connectivity index (χ1n) is 11.8. The first-order chi connectivity index (χ1) is 16.3. The number of rotatable bonds is 0. The van der Waals surface area contributed by atoms with Crippen molar-refractivity contribution in [2.45, 2.75) is 36.8 Å². The number of para-hydroxylation sites is 1. The summed E-state index contributed by atoms with van der Waals surface area (Å²) in [6.07, 6.45) is 2.18. The van der Waals surface area contributed by atoms with Gasteiger partial charge in [0.1, 0.15) is 5.82 Å². The third-order valence-electron chi connectivity index (χ3n) is 7.83. The number of halogens is 1. The van der Waals surface area contributed by atoms with Gasteiger partial charge in [-0.05, 0) is 70.5 Å². The van der Waals surface area contributed by atoms with Crippen molar-refractivity contribution in [2.24, 2.45) is 0 Å². The fourth-order valence-corrected chi connectivity index (χ4v) is 6.42. The summed E-state index contributed by atoms with van der Waals surface area (Å²) in [5.74, 6) is 0.840. The van der Waals surface area contributed by atoms with Crippen molar-refractivity contribution in [2.75, 3.05) is 10.6 Å². The van der Waals surface area contributed by atoms with Crippen LogP contribution < -0.4 is 10.6 Å². The molecule has 0 radical (unpaired) electrons. The lowest BCUT2D eigenvalue weighted by Crippen LogP contribution is -2.16. The molecule has 0 saturated heterocycles. The van der Waals surface area contributed by atoms with Gasteiger partial charge in [-0.1, -0.05) is 66.7 Å². The molecule has 2 N–H and O–H groups in total. The molecular formula is C30H25FN2. The van der Waals surface area contributed by atoms with E-state index in [1.807, 2.05) is 6.07 Å². The van der Waals surface area contributed by atoms with E-state index < -0.39 is 0 Å². The van der Waals surface area contributed by atoms with Crippen molar-refractivity contribution in [1.29, 1.82) is 0 Å². The van der Waals surface area contributed by atoms with E-state index in [0.717, 1.165) is 24.1 Å². The predicted octanol–water partition coefficient (Wildman–Crippen LogP) is 6.80. The highest BCUT2D eigenvalue weighted by atomic mass is 19.1. The van der Waals surface area contributed by atoms with E-state index in [4.69, 9.17) is 0 Å². The monoisotopic (exact) mass is 432 g/mol. The van der Waals surface area contributed by atoms with E-state index in [1.165, 1.54) is 39.6 Å². The largest absolute Gasteiger partial charge is 0.381 e. The maximum Gasteiger partial charge on any atom is 0.123 e. The molecule has 0 unspecified atom stereocenters. The lowest BCUT2D eigenvalue weighted by Gasteiger charge is -2.11. The summed E-state index contributed by atoms with van der Waals surface area (Å²) < 4.78 is 13.3. The van der Waals surface area contributed by atoms with E-state index >= 15 is 0 Å². The summed E-state index contributed by atoms with van der Waals surface area (Å²) in [5.41, 5.74) is 10.8. The van der Waals surface area contributed by atoms with Crippen LogP contribution in [0.4, 0.5) is 15.8 Å². The van der Waals surface area contributed by atoms with E-state index in [-0.39, 0.29) is 5.82 Å². The fourth-order valence-electron chi connectivity index (χ4n) is 6.42. The molecule has 4 aliphatic rings. The average Bonchev–Trinajstić information content (AvgIpc) is 3.57. The Kier molecular flexibility index (Phi) is 4.14. The van der Waals surface area contributed by atoms with Crippen LogP contribution in [0.3, 0.4) is 0 Å². The molecule has 2 aliphatic carbocycles. The van der Waals surface area contributed by atoms with Gasteiger partial charge in [0.05, 0.1) is 6.04 Å². The molecule has 4 aromatic rings. The SMILES string of the molecule is Fc1ccc2c(c1)[C@@H]1Cc3ccccc3[C@@H]1N2.c1ccc2c(c1)C[C@@H]1Nc3ccccc3[C@H]21. The van der Waals surface area contributed by atoms with E-state index in [9.17, 15) is 4.39 Å². The molecule has 3 heteroatoms. The van der Waals surface area contributed by atoms with Crippen molar-refractivity contribution >= 4 is 11.4 Å². The molecule has 0 spiro atoms. The minimum atomic E-state index is -0.137. The smallest absolute Gasteiger partial charge is 0.123 e. The van der Waals surface area contributed by atoms with Crippen molar-refractivity contribution in [3.05, 3.63) is 130 Å². The second kappa shape index (κ2) is 7.21. The molecule has 4 aromatic carbocycles. The molecule has 0 fully saturated rings. The summed E-state index contributed by atoms with van der Waals surface area (Å²) >= 11 is 0. The second-order valence-electron chi connectivity index (χ2n) is 9.58. The van der Waals surface area contributed by atoms with Gasteiger partial charge in [-0.3, -0.25) is 0 Å². The van der Waals surface area contributed by atoms with Gasteiger partial charge in [0.25, 0.3) is 0 Å². The summed E-state index contributed by atoms with van der Waals surface area (Å²) in [6.45, 7) is 0. The van der Waals surface area contributed by atoms with Gasteiger partial charge in [-0.2, -0.15) is 0 Å². The molecule has 0 bridgehead atoms. The Labute approximate surface area is 193 Å². The number of benzene rings is 4. The summed E-state index contributed by atoms with van der Waals surface area (Å²) in [4.78, 5) is 0. The van der Waals surface area contributed by atoms with E-state index in [2.05, 4.69) is 83.4 Å². The Hall–Kier alpha value is -3.59. The van der Waals surface area contributed by atoms with Crippen molar-refractivity contribution in [1.82, 2.24) is 0 Å². The first kappa shape index (κ1) is 18.9. The zero-order chi connectivity index (χ0) is 21.9. The molecule has 4 atom stereocenters. The molecule has 0 aromatic heterocycles. The number of hydrogen-bond donors (Lipinski definition) is 2. The zero-order valence-electron chi connectivity index (χ0n) is 18.3. The van der Waals surface area contributed by atoms with Crippen LogP contribution >= 0.6 is 0 Å². The minimum Gasteiger partial charge on any atom is -0.381 e. The highest BCUT2D eigenvalue weighted by molar-refractivity contribution is 5.66. The first-order valence-corrected chi connectivity index (χ1v) is 11.8. The Morgan fingerprint density at radius 1 is 0.606 bits per heavy atom. The third kappa shape index (κ3) is 2.92. The highest BCUT2D eigenvalue weighted by Gasteiger charge is 2.40. The van der Waals surface area contributed by atoms with Crippen LogP contribution in [0.15, 0.2) is 91.0 Å². The van der Waals surface area contributed by atoms with Crippen LogP contribution in [0.25, 0.3) is 0 Å². The predicted molar refractivity (Wildman–Crippen MR) is 131 cm³/mol. The topological polar surface area (TPSA) is 24.1 Å². The minimum absolute atomic E-state index is 0.137. The standard InChI is InChI=1S/C15H12FN.C15H13N/c16-10-5-6-14-12(8-10)13-7-9-3-1-2-4-11(9)15(13)17-14;1-2-6-11-10(5-1)9-14-15(11)12-7-3-4-8-13(12)16-14/h1-6,8,13,15,17H,7H2;1-8,14-16H,9H2/t13-,15-;14-,15-/m00/s1. The summed E-state index contributed by atoms with van der Waals surface area (Å²) in [5, 5.41) is 7.16. The second-order valence-corrected chi connectivity index (χ2v) is 9.58. The molecule has 2 nitrogen and oxygen atoms in total. The number of anilines is 2. The quantitative estimate of drug-likeness (QED) is 0.319. The van der Waals surface area contributed by atoms with Crippen LogP contribution in [-0.2, 0) is 12.8 Å². The third-order valence-corrected chi connectivity index (χ3v) is 7.83. The van der Waals surface area contributed by atoms with Crippen molar-refractivity contribution in [3.63, 3.8) is 0 Å². The van der Waals surface area contributed by atoms with Gasteiger partial charge in [0.2, 0.25) is 0 Å². The molecule has 2 heterocycles. The number of nitrogens with one attached hydrogen (secondary N) is 2. The zero-order valence-corrected chi connectivity index (χ0v) is 18.3. The van der Waals surface area contributed by atoms with E-state index in [1.54, 1.807) is 6.07 Å². The van der Waals surface area contributed by atoms with Gasteiger partial charge in [0, 0.05) is 29.3 Å². The van der Waals surface area contributed by atoms with Crippen LogP contribution in [0.2, 0.25) is 0 Å². The molecule has 33 heavy (non-hydrogen) atoms. The fraction of sp³-hybridized carbons (Fsp3) is 0.200. The van der Waals surface area contributed by atoms with E-state index in [0.29, 0.717) is 23.9 Å². The molecule has 0 saturated carbocycles. The van der Waals surface area contributed by atoms with Crippen LogP contribution in [0.1, 0.15) is 51.3 Å². The Bertz CT molecular complexity index is 1330. The number of fused-ring (bicyclic) bond motifs is 10. The van der Waals surface area contributed by atoms with Crippen LogP contribution in [0, 0.1) is 5.82 Å². The maximum absolute atomic E-state index is 13.3. The van der Waals surface area contributed by atoms with Gasteiger partial charge >= 0.3 is 0 Å². The van der Waals surface area contributed by atoms with Gasteiger partial charge in [-0.25, -0.2) is 4.39 Å². The summed E-state index contributed by atoms with van der Waals surface area (Å²) in [7, 11) is 0. The lowest BCUT2D eigenvalue weighted by atomic mass is 9.93. The Morgan fingerprint density at radius 2 is 1.27 bits per heavy atom. The molecule has 2 aliphatic heterocycles. The van der Waals surface area contributed by atoms with Gasteiger partial charge < -0.3 is 10.6 Å². The normalized spacial score (nSPS) is 24.2. The highest BCUT2D eigenvalue weighted by Crippen LogP contribution is 2.51. The lowest BCUT2D eigenvalue weighted by molar-refractivity contribution is 0.619. The Morgan fingerprint density at radius 3 is 2.12 bits per heavy atom.